The van der Waals surface area contributed by atoms with Crippen molar-refractivity contribution in [3.8, 4) is 22.6 Å². The molecule has 1 heteroatoms. The highest BCUT2D eigenvalue weighted by molar-refractivity contribution is 5.89. The van der Waals surface area contributed by atoms with E-state index in [1.807, 2.05) is 0 Å². The highest BCUT2D eigenvalue weighted by Gasteiger charge is 2.51. The van der Waals surface area contributed by atoms with Crippen molar-refractivity contribution >= 4 is 0 Å². The van der Waals surface area contributed by atoms with E-state index < -0.39 is 0 Å². The summed E-state index contributed by atoms with van der Waals surface area (Å²) in [4.78, 5) is 0. The number of ether oxygens (including phenoxy) is 1. The summed E-state index contributed by atoms with van der Waals surface area (Å²) >= 11 is 0. The molecule has 0 saturated carbocycles. The fourth-order valence-electron chi connectivity index (χ4n) is 5.50. The maximum atomic E-state index is 6.72. The number of rotatable bonds is 0. The van der Waals surface area contributed by atoms with Crippen molar-refractivity contribution in [3.63, 3.8) is 0 Å². The topological polar surface area (TPSA) is 9.23 Å². The summed E-state index contributed by atoms with van der Waals surface area (Å²) in [5.74, 6) is 2.03. The zero-order chi connectivity index (χ0) is 20.6. The van der Waals surface area contributed by atoms with Crippen LogP contribution in [-0.4, -0.2) is 0 Å². The van der Waals surface area contributed by atoms with Gasteiger partial charge in [0, 0.05) is 11.1 Å². The Labute approximate surface area is 178 Å². The molecule has 0 amide bonds. The second kappa shape index (κ2) is 5.86. The average Bonchev–Trinajstić information content (AvgIpc) is 3.06. The first-order valence-corrected chi connectivity index (χ1v) is 10.6. The highest BCUT2D eigenvalue weighted by Crippen LogP contribution is 2.63. The maximum absolute atomic E-state index is 6.72. The lowest BCUT2D eigenvalue weighted by Crippen LogP contribution is -2.33. The van der Waals surface area contributed by atoms with Gasteiger partial charge in [-0.2, -0.15) is 0 Å². The second-order valence-electron chi connectivity index (χ2n) is 8.71. The molecule has 0 bridgehead atoms. The van der Waals surface area contributed by atoms with Crippen molar-refractivity contribution in [2.24, 2.45) is 0 Å². The summed E-state index contributed by atoms with van der Waals surface area (Å²) in [5.41, 5.74) is 12.5. The Morgan fingerprint density at radius 3 is 1.40 bits per heavy atom. The third-order valence-corrected chi connectivity index (χ3v) is 7.32. The molecule has 1 aliphatic heterocycles. The summed E-state index contributed by atoms with van der Waals surface area (Å²) < 4.78 is 6.72. The van der Waals surface area contributed by atoms with Crippen molar-refractivity contribution in [1.82, 2.24) is 0 Å². The van der Waals surface area contributed by atoms with Crippen LogP contribution < -0.4 is 4.74 Å². The van der Waals surface area contributed by atoms with Gasteiger partial charge in [-0.25, -0.2) is 0 Å². The zero-order valence-electron chi connectivity index (χ0n) is 17.8. The first-order valence-electron chi connectivity index (χ1n) is 10.6. The predicted molar refractivity (Wildman–Crippen MR) is 123 cm³/mol. The van der Waals surface area contributed by atoms with E-state index >= 15 is 0 Å². The minimum atomic E-state index is -0.354. The average molecular weight is 389 g/mol. The van der Waals surface area contributed by atoms with Gasteiger partial charge in [0.15, 0.2) is 0 Å². The number of benzene rings is 4. The van der Waals surface area contributed by atoms with E-state index in [-0.39, 0.29) is 5.41 Å². The van der Waals surface area contributed by atoms with Gasteiger partial charge in [0.05, 0.1) is 5.41 Å². The van der Waals surface area contributed by atoms with E-state index in [4.69, 9.17) is 4.74 Å². The van der Waals surface area contributed by atoms with E-state index in [9.17, 15) is 0 Å². The lowest BCUT2D eigenvalue weighted by atomic mass is 9.65. The van der Waals surface area contributed by atoms with Gasteiger partial charge in [0.25, 0.3) is 0 Å². The Kier molecular flexibility index (Phi) is 3.42. The fourth-order valence-corrected chi connectivity index (χ4v) is 5.50. The van der Waals surface area contributed by atoms with E-state index in [2.05, 4.69) is 100 Å². The molecule has 4 aromatic carbocycles. The lowest BCUT2D eigenvalue weighted by molar-refractivity contribution is 0.428. The molecule has 0 atom stereocenters. The number of fused-ring (bicyclic) bond motifs is 9. The van der Waals surface area contributed by atoms with Crippen LogP contribution in [0.25, 0.3) is 11.1 Å². The molecule has 1 nitrogen and oxygen atoms in total. The number of hydrogen-bond donors (Lipinski definition) is 0. The molecule has 1 aliphatic carbocycles. The SMILES string of the molecule is Cc1ccc2c(c1C)Oc1c(ccc(C)c1C)C21c2ccccc2-c2ccccc21. The maximum Gasteiger partial charge on any atom is 0.135 e. The zero-order valence-corrected chi connectivity index (χ0v) is 17.8. The van der Waals surface area contributed by atoms with Crippen molar-refractivity contribution in [2.75, 3.05) is 0 Å². The summed E-state index contributed by atoms with van der Waals surface area (Å²) in [6, 6.07) is 26.8. The lowest BCUT2D eigenvalue weighted by Gasteiger charge is -2.41. The highest BCUT2D eigenvalue weighted by atomic mass is 16.5. The molecule has 1 heterocycles. The molecular formula is C29H24O. The van der Waals surface area contributed by atoms with E-state index in [1.54, 1.807) is 0 Å². The van der Waals surface area contributed by atoms with Gasteiger partial charge in [0.2, 0.25) is 0 Å². The normalized spacial score (nSPS) is 14.5. The minimum absolute atomic E-state index is 0.354. The Hall–Kier alpha value is -3.32. The van der Waals surface area contributed by atoms with Crippen molar-refractivity contribution < 1.29 is 4.74 Å². The first-order chi connectivity index (χ1) is 14.5. The molecule has 1 spiro atoms. The Bertz CT molecular complexity index is 1250. The molecule has 2 aliphatic rings. The number of hydrogen-bond acceptors (Lipinski definition) is 1. The van der Waals surface area contributed by atoms with Crippen LogP contribution in [0.15, 0.2) is 72.8 Å². The molecule has 0 unspecified atom stereocenters. The van der Waals surface area contributed by atoms with E-state index in [0.29, 0.717) is 0 Å². The molecule has 0 radical (unpaired) electrons. The Morgan fingerprint density at radius 2 is 0.933 bits per heavy atom. The largest absolute Gasteiger partial charge is 0.456 e. The molecule has 146 valence electrons. The van der Waals surface area contributed by atoms with Crippen LogP contribution >= 0.6 is 0 Å². The Morgan fingerprint density at radius 1 is 0.500 bits per heavy atom. The third kappa shape index (κ3) is 1.93. The molecule has 6 rings (SSSR count). The van der Waals surface area contributed by atoms with Gasteiger partial charge in [-0.1, -0.05) is 72.8 Å². The second-order valence-corrected chi connectivity index (χ2v) is 8.71. The molecule has 0 fully saturated rings. The molecule has 4 aromatic rings. The van der Waals surface area contributed by atoms with Crippen LogP contribution in [0.5, 0.6) is 11.5 Å². The smallest absolute Gasteiger partial charge is 0.135 e. The van der Waals surface area contributed by atoms with Gasteiger partial charge in [-0.3, -0.25) is 0 Å². The quantitative estimate of drug-likeness (QED) is 0.264. The number of aryl methyl sites for hydroxylation is 2. The minimum Gasteiger partial charge on any atom is -0.456 e. The van der Waals surface area contributed by atoms with E-state index in [0.717, 1.165) is 11.5 Å². The summed E-state index contributed by atoms with van der Waals surface area (Å²) in [7, 11) is 0. The summed E-state index contributed by atoms with van der Waals surface area (Å²) in [6.45, 7) is 8.71. The van der Waals surface area contributed by atoms with Crippen molar-refractivity contribution in [1.29, 1.82) is 0 Å². The molecule has 0 aromatic heterocycles. The van der Waals surface area contributed by atoms with Gasteiger partial charge >= 0.3 is 0 Å². The van der Waals surface area contributed by atoms with Crippen LogP contribution in [0.1, 0.15) is 44.5 Å². The third-order valence-electron chi connectivity index (χ3n) is 7.32. The Balaban J connectivity index is 1.87. The fraction of sp³-hybridized carbons (Fsp3) is 0.172. The summed E-state index contributed by atoms with van der Waals surface area (Å²) in [6.07, 6.45) is 0. The van der Waals surface area contributed by atoms with Gasteiger partial charge < -0.3 is 4.74 Å². The monoisotopic (exact) mass is 388 g/mol. The van der Waals surface area contributed by atoms with Crippen molar-refractivity contribution in [2.45, 2.75) is 33.1 Å². The van der Waals surface area contributed by atoms with Crippen LogP contribution in [0, 0.1) is 27.7 Å². The molecule has 30 heavy (non-hydrogen) atoms. The van der Waals surface area contributed by atoms with Crippen LogP contribution in [0.2, 0.25) is 0 Å². The van der Waals surface area contributed by atoms with Crippen LogP contribution in [-0.2, 0) is 5.41 Å². The molecule has 0 N–H and O–H groups in total. The van der Waals surface area contributed by atoms with Gasteiger partial charge in [0.1, 0.15) is 11.5 Å². The van der Waals surface area contributed by atoms with Gasteiger partial charge in [-0.05, 0) is 72.2 Å². The van der Waals surface area contributed by atoms with Crippen LogP contribution in [0.3, 0.4) is 0 Å². The predicted octanol–water partition coefficient (Wildman–Crippen LogP) is 7.39. The standard InChI is InChI=1S/C29H24O/c1-17-13-15-25-27(19(17)3)30-28-20(4)18(2)14-16-26(28)29(25)23-11-7-5-9-21(23)22-10-6-8-12-24(22)29/h5-16H,1-4H3. The summed E-state index contributed by atoms with van der Waals surface area (Å²) in [5, 5.41) is 0. The van der Waals surface area contributed by atoms with Gasteiger partial charge in [-0.15, -0.1) is 0 Å². The van der Waals surface area contributed by atoms with Crippen LogP contribution in [0.4, 0.5) is 0 Å². The van der Waals surface area contributed by atoms with E-state index in [1.165, 1.54) is 55.6 Å². The van der Waals surface area contributed by atoms with Crippen molar-refractivity contribution in [3.05, 3.63) is 117 Å². The molecule has 0 saturated heterocycles. The molecular weight excluding hydrogens is 364 g/mol. The first kappa shape index (κ1) is 17.5.